The van der Waals surface area contributed by atoms with Gasteiger partial charge in [-0.25, -0.2) is 4.98 Å². The molecule has 0 saturated carbocycles. The first-order valence-corrected chi connectivity index (χ1v) is 8.90. The first kappa shape index (κ1) is 20.4. The molecule has 0 unspecified atom stereocenters. The molecular weight excluding hydrogens is 344 g/mol. The molecule has 2 N–H and O–H groups in total. The Balaban J connectivity index is 2.08. The molecule has 0 bridgehead atoms. The molecule has 1 heterocycles. The second-order valence-electron chi connectivity index (χ2n) is 7.48. The summed E-state index contributed by atoms with van der Waals surface area (Å²) in [6.07, 6.45) is 2.34. The van der Waals surface area contributed by atoms with Crippen LogP contribution in [0.3, 0.4) is 0 Å². The summed E-state index contributed by atoms with van der Waals surface area (Å²) in [7, 11) is 1.72. The highest BCUT2D eigenvalue weighted by Crippen LogP contribution is 2.21. The number of phenols is 1. The van der Waals surface area contributed by atoms with Gasteiger partial charge in [0.25, 0.3) is 5.69 Å². The summed E-state index contributed by atoms with van der Waals surface area (Å²) >= 11 is 0. The second kappa shape index (κ2) is 8.66. The van der Waals surface area contributed by atoms with Gasteiger partial charge in [-0.2, -0.15) is 0 Å². The van der Waals surface area contributed by atoms with Crippen LogP contribution in [0, 0.1) is 0 Å². The number of nitrogens with one attached hydrogen (secondary N) is 1. The molecule has 0 aliphatic heterocycles. The van der Waals surface area contributed by atoms with Gasteiger partial charge in [-0.05, 0) is 56.5 Å². The van der Waals surface area contributed by atoms with E-state index < -0.39 is 5.60 Å². The fourth-order valence-electron chi connectivity index (χ4n) is 2.69. The van der Waals surface area contributed by atoms with Crippen LogP contribution in [0.2, 0.25) is 0 Å². The molecule has 0 fully saturated rings. The number of H-pyrrole nitrogens is 1. The largest absolute Gasteiger partial charge is 0.508 e. The van der Waals surface area contributed by atoms with Crippen LogP contribution in [0.15, 0.2) is 42.6 Å². The number of nitrogens with zero attached hydrogens (tertiary/aromatic N) is 1. The fraction of sp³-hybridized carbons (Fsp3) is 0.381. The molecule has 0 radical (unpaired) electrons. The van der Waals surface area contributed by atoms with Crippen molar-refractivity contribution >= 4 is 11.9 Å². The third-order valence-electron chi connectivity index (χ3n) is 3.90. The lowest BCUT2D eigenvalue weighted by Gasteiger charge is -2.20. The zero-order valence-electron chi connectivity index (χ0n) is 16.3. The Morgan fingerprint density at radius 2 is 1.89 bits per heavy atom. The van der Waals surface area contributed by atoms with E-state index in [0.717, 1.165) is 11.1 Å². The smallest absolute Gasteiger partial charge is 0.318 e. The summed E-state index contributed by atoms with van der Waals surface area (Å²) in [6.45, 7) is 5.84. The van der Waals surface area contributed by atoms with E-state index in [4.69, 9.17) is 4.74 Å². The Morgan fingerprint density at radius 1 is 1.15 bits per heavy atom. The number of benzene rings is 1. The van der Waals surface area contributed by atoms with Gasteiger partial charge >= 0.3 is 11.9 Å². The predicted octanol–water partition coefficient (Wildman–Crippen LogP) is 2.75. The van der Waals surface area contributed by atoms with Crippen LogP contribution in [0.25, 0.3) is 0 Å². The number of hydrogen-bond donors (Lipinski definition) is 1. The van der Waals surface area contributed by atoms with Crippen molar-refractivity contribution in [2.45, 2.75) is 45.8 Å². The first-order chi connectivity index (χ1) is 12.7. The third-order valence-corrected chi connectivity index (χ3v) is 3.90. The van der Waals surface area contributed by atoms with E-state index in [1.165, 1.54) is 0 Å². The van der Waals surface area contributed by atoms with Crippen LogP contribution in [-0.4, -0.2) is 34.5 Å². The molecule has 1 aromatic carbocycles. The van der Waals surface area contributed by atoms with Gasteiger partial charge in [0.05, 0.1) is 0 Å². The first-order valence-electron chi connectivity index (χ1n) is 8.90. The molecule has 2 rings (SSSR count). The molecule has 1 amide bonds. The van der Waals surface area contributed by atoms with E-state index >= 15 is 0 Å². The van der Waals surface area contributed by atoms with E-state index in [9.17, 15) is 14.7 Å². The normalized spacial score (nSPS) is 11.1. The minimum Gasteiger partial charge on any atom is -0.508 e. The topological polar surface area (TPSA) is 81.0 Å². The zero-order valence-corrected chi connectivity index (χ0v) is 16.3. The number of pyridine rings is 1. The Bertz CT molecular complexity index is 798. The minimum atomic E-state index is -0.530. The highest BCUT2D eigenvalue weighted by atomic mass is 16.6. The van der Waals surface area contributed by atoms with Gasteiger partial charge < -0.3 is 14.7 Å². The lowest BCUT2D eigenvalue weighted by atomic mass is 10.0. The Labute approximate surface area is 159 Å². The summed E-state index contributed by atoms with van der Waals surface area (Å²) in [5.41, 5.74) is 1.66. The summed E-state index contributed by atoms with van der Waals surface area (Å²) < 4.78 is 5.34. The molecule has 6 nitrogen and oxygen atoms in total. The lowest BCUT2D eigenvalue weighted by molar-refractivity contribution is -0.382. The average molecular weight is 371 g/mol. The van der Waals surface area contributed by atoms with E-state index in [1.807, 2.05) is 26.8 Å². The molecule has 0 spiro atoms. The average Bonchev–Trinajstić information content (AvgIpc) is 2.60. The fourth-order valence-corrected chi connectivity index (χ4v) is 2.69. The summed E-state index contributed by atoms with van der Waals surface area (Å²) in [5, 5.41) is 9.81. The number of aryl methyl sites for hydroxylation is 1. The molecule has 2 aromatic rings. The van der Waals surface area contributed by atoms with Crippen LogP contribution in [0.4, 0.5) is 0 Å². The van der Waals surface area contributed by atoms with Crippen molar-refractivity contribution in [3.8, 4) is 5.75 Å². The van der Waals surface area contributed by atoms with Crippen LogP contribution in [0.5, 0.6) is 5.75 Å². The number of aromatic nitrogens is 1. The summed E-state index contributed by atoms with van der Waals surface area (Å²) in [5.74, 6) is -0.301. The standard InChI is InChI=1S/C21H26N2O4/c1-21(2,3)27-19(25)11-9-15-13-17(24)10-8-16(15)14-23(4)20(26)18-7-5-6-12-22-18/h5-8,10,12-13,24H,9,11,14H2,1-4H3/p+1. The number of aromatic hydroxyl groups is 1. The minimum absolute atomic E-state index is 0.128. The molecule has 144 valence electrons. The maximum Gasteiger partial charge on any atom is 0.318 e. The number of esters is 1. The molecule has 0 atom stereocenters. The van der Waals surface area contributed by atoms with E-state index in [2.05, 4.69) is 4.98 Å². The van der Waals surface area contributed by atoms with Crippen LogP contribution in [0.1, 0.15) is 48.8 Å². The molecule has 6 heteroatoms. The number of carbonyl (C=O) groups excluding carboxylic acids is 2. The number of amides is 1. The van der Waals surface area contributed by atoms with Crippen molar-refractivity contribution in [1.29, 1.82) is 0 Å². The number of ether oxygens (including phenoxy) is 1. The van der Waals surface area contributed by atoms with Gasteiger partial charge in [0.15, 0.2) is 6.20 Å². The SMILES string of the molecule is CN(Cc1ccc(O)cc1CCC(=O)OC(C)(C)C)C(=O)c1cccc[nH+]1. The van der Waals surface area contributed by atoms with Crippen molar-refractivity contribution < 1.29 is 24.4 Å². The highest BCUT2D eigenvalue weighted by Gasteiger charge is 2.20. The van der Waals surface area contributed by atoms with E-state index in [0.29, 0.717) is 18.7 Å². The molecular formula is C21H27N2O4+. The Morgan fingerprint density at radius 3 is 2.52 bits per heavy atom. The molecule has 0 aliphatic rings. The number of phenolic OH excluding ortho intramolecular Hbond substituents is 1. The highest BCUT2D eigenvalue weighted by molar-refractivity contribution is 5.90. The van der Waals surface area contributed by atoms with Crippen molar-refractivity contribution in [1.82, 2.24) is 4.90 Å². The molecule has 1 aromatic heterocycles. The van der Waals surface area contributed by atoms with Crippen LogP contribution < -0.4 is 4.98 Å². The van der Waals surface area contributed by atoms with Gasteiger partial charge in [-0.3, -0.25) is 9.59 Å². The second-order valence-corrected chi connectivity index (χ2v) is 7.48. The maximum absolute atomic E-state index is 12.5. The molecule has 0 aliphatic carbocycles. The van der Waals surface area contributed by atoms with Crippen molar-refractivity contribution in [3.05, 3.63) is 59.4 Å². The van der Waals surface area contributed by atoms with Crippen LogP contribution in [-0.2, 0) is 22.5 Å². The molecule has 0 saturated heterocycles. The predicted molar refractivity (Wildman–Crippen MR) is 101 cm³/mol. The number of hydrogen-bond acceptors (Lipinski definition) is 4. The van der Waals surface area contributed by atoms with Gasteiger partial charge in [0, 0.05) is 32.1 Å². The van der Waals surface area contributed by atoms with Gasteiger partial charge in [0.2, 0.25) is 0 Å². The summed E-state index contributed by atoms with van der Waals surface area (Å²) in [4.78, 5) is 29.0. The van der Waals surface area contributed by atoms with Crippen molar-refractivity contribution in [2.75, 3.05) is 7.05 Å². The van der Waals surface area contributed by atoms with Gasteiger partial charge in [0.1, 0.15) is 11.4 Å². The van der Waals surface area contributed by atoms with Crippen molar-refractivity contribution in [2.24, 2.45) is 0 Å². The number of aromatic amines is 1. The number of carbonyl (C=O) groups is 2. The Kier molecular flexibility index (Phi) is 6.55. The van der Waals surface area contributed by atoms with E-state index in [1.54, 1.807) is 48.5 Å². The number of rotatable bonds is 6. The molecule has 27 heavy (non-hydrogen) atoms. The maximum atomic E-state index is 12.5. The zero-order chi connectivity index (χ0) is 20.0. The lowest BCUT2D eigenvalue weighted by Crippen LogP contribution is -2.31. The monoisotopic (exact) mass is 371 g/mol. The third kappa shape index (κ3) is 6.40. The summed E-state index contributed by atoms with van der Waals surface area (Å²) in [6, 6.07) is 10.3. The van der Waals surface area contributed by atoms with Crippen molar-refractivity contribution in [3.63, 3.8) is 0 Å². The van der Waals surface area contributed by atoms with Gasteiger partial charge in [-0.15, -0.1) is 0 Å². The van der Waals surface area contributed by atoms with Gasteiger partial charge in [-0.1, -0.05) is 6.07 Å². The van der Waals surface area contributed by atoms with E-state index in [-0.39, 0.29) is 24.0 Å². The van der Waals surface area contributed by atoms with Crippen LogP contribution >= 0.6 is 0 Å². The quantitative estimate of drug-likeness (QED) is 0.792. The Hall–Kier alpha value is -2.89.